The topological polar surface area (TPSA) is 63.3 Å². The summed E-state index contributed by atoms with van der Waals surface area (Å²) in [6, 6.07) is 5.81. The van der Waals surface area contributed by atoms with Gasteiger partial charge in [-0.2, -0.15) is 0 Å². The SMILES string of the molecule is CC(=CCSc1ccc(N)c(C)c1)C(=O)O. The predicted octanol–water partition coefficient (Wildman–Crippen LogP) is 2.70. The Morgan fingerprint density at radius 3 is 2.81 bits per heavy atom. The van der Waals surface area contributed by atoms with Gasteiger partial charge in [-0.25, -0.2) is 4.79 Å². The standard InChI is InChI=1S/C12H15NO2S/c1-8(12(14)15)5-6-16-10-3-4-11(13)9(2)7-10/h3-5,7H,6,13H2,1-2H3,(H,14,15). The highest BCUT2D eigenvalue weighted by Crippen LogP contribution is 2.22. The lowest BCUT2D eigenvalue weighted by molar-refractivity contribution is -0.132. The molecule has 0 heterocycles. The molecule has 0 bridgehead atoms. The Balaban J connectivity index is 2.59. The Morgan fingerprint density at radius 1 is 1.56 bits per heavy atom. The fourth-order valence-electron chi connectivity index (χ4n) is 1.09. The van der Waals surface area contributed by atoms with Gasteiger partial charge in [-0.15, -0.1) is 11.8 Å². The summed E-state index contributed by atoms with van der Waals surface area (Å²) in [5.74, 6) is -0.212. The van der Waals surface area contributed by atoms with Crippen molar-refractivity contribution in [3.63, 3.8) is 0 Å². The van der Waals surface area contributed by atoms with Crippen LogP contribution in [0.5, 0.6) is 0 Å². The summed E-state index contributed by atoms with van der Waals surface area (Å²) in [6.07, 6.45) is 1.71. The number of thioether (sulfide) groups is 1. The summed E-state index contributed by atoms with van der Waals surface area (Å²) < 4.78 is 0. The summed E-state index contributed by atoms with van der Waals surface area (Å²) in [5.41, 5.74) is 7.91. The largest absolute Gasteiger partial charge is 0.478 e. The third-order valence-corrected chi connectivity index (χ3v) is 3.14. The molecule has 0 amide bonds. The molecule has 0 spiro atoms. The van der Waals surface area contributed by atoms with Crippen LogP contribution in [0.4, 0.5) is 5.69 Å². The van der Waals surface area contributed by atoms with E-state index in [1.54, 1.807) is 24.8 Å². The van der Waals surface area contributed by atoms with E-state index >= 15 is 0 Å². The number of aliphatic carboxylic acids is 1. The van der Waals surface area contributed by atoms with Crippen molar-refractivity contribution in [2.24, 2.45) is 0 Å². The first-order valence-electron chi connectivity index (χ1n) is 4.89. The number of hydrogen-bond donors (Lipinski definition) is 2. The van der Waals surface area contributed by atoms with Gasteiger partial charge in [0.25, 0.3) is 0 Å². The highest BCUT2D eigenvalue weighted by atomic mass is 32.2. The van der Waals surface area contributed by atoms with E-state index in [1.165, 1.54) is 0 Å². The molecule has 86 valence electrons. The van der Waals surface area contributed by atoms with E-state index in [4.69, 9.17) is 10.8 Å². The molecular weight excluding hydrogens is 222 g/mol. The van der Waals surface area contributed by atoms with Crippen molar-refractivity contribution >= 4 is 23.4 Å². The van der Waals surface area contributed by atoms with Gasteiger partial charge in [0.1, 0.15) is 0 Å². The van der Waals surface area contributed by atoms with Gasteiger partial charge in [-0.05, 0) is 37.6 Å². The Bertz CT molecular complexity index is 427. The second kappa shape index (κ2) is 5.61. The molecule has 0 unspecified atom stereocenters. The van der Waals surface area contributed by atoms with Crippen molar-refractivity contribution in [1.29, 1.82) is 0 Å². The van der Waals surface area contributed by atoms with Gasteiger partial charge < -0.3 is 10.8 Å². The zero-order chi connectivity index (χ0) is 12.1. The molecule has 0 atom stereocenters. The van der Waals surface area contributed by atoms with Crippen molar-refractivity contribution in [2.45, 2.75) is 18.7 Å². The van der Waals surface area contributed by atoms with Crippen LogP contribution in [0, 0.1) is 6.92 Å². The third-order valence-electron chi connectivity index (χ3n) is 2.22. The van der Waals surface area contributed by atoms with Gasteiger partial charge in [0.05, 0.1) is 0 Å². The van der Waals surface area contributed by atoms with E-state index in [2.05, 4.69) is 0 Å². The van der Waals surface area contributed by atoms with Crippen molar-refractivity contribution < 1.29 is 9.90 Å². The van der Waals surface area contributed by atoms with Crippen LogP contribution in [-0.4, -0.2) is 16.8 Å². The van der Waals surface area contributed by atoms with Crippen LogP contribution in [0.25, 0.3) is 0 Å². The van der Waals surface area contributed by atoms with Crippen LogP contribution < -0.4 is 5.73 Å². The number of anilines is 1. The molecular formula is C12H15NO2S. The fraction of sp³-hybridized carbons (Fsp3) is 0.250. The van der Waals surface area contributed by atoms with Gasteiger partial charge in [0, 0.05) is 21.9 Å². The first-order chi connectivity index (χ1) is 7.50. The summed E-state index contributed by atoms with van der Waals surface area (Å²) in [4.78, 5) is 11.6. The van der Waals surface area contributed by atoms with Gasteiger partial charge in [0.15, 0.2) is 0 Å². The maximum absolute atomic E-state index is 10.5. The molecule has 3 nitrogen and oxygen atoms in total. The fourth-order valence-corrected chi connectivity index (χ4v) is 2.04. The number of carboxylic acids is 1. The van der Waals surface area contributed by atoms with E-state index in [0.29, 0.717) is 11.3 Å². The molecule has 0 radical (unpaired) electrons. The van der Waals surface area contributed by atoms with Gasteiger partial charge in [0.2, 0.25) is 0 Å². The highest BCUT2D eigenvalue weighted by molar-refractivity contribution is 7.99. The minimum absolute atomic E-state index is 0.375. The van der Waals surface area contributed by atoms with Crippen LogP contribution in [0.15, 0.2) is 34.7 Å². The molecule has 16 heavy (non-hydrogen) atoms. The van der Waals surface area contributed by atoms with Crippen LogP contribution in [0.3, 0.4) is 0 Å². The summed E-state index contributed by atoms with van der Waals surface area (Å²) in [6.45, 7) is 3.55. The second-order valence-corrected chi connectivity index (χ2v) is 4.62. The molecule has 4 heteroatoms. The lowest BCUT2D eigenvalue weighted by atomic mass is 10.2. The average Bonchev–Trinajstić information content (AvgIpc) is 2.23. The van der Waals surface area contributed by atoms with Crippen molar-refractivity contribution in [3.05, 3.63) is 35.4 Å². The molecule has 0 saturated carbocycles. The number of carbonyl (C=O) groups is 1. The number of aryl methyl sites for hydroxylation is 1. The molecule has 1 aromatic rings. The normalized spacial score (nSPS) is 11.5. The summed E-state index contributed by atoms with van der Waals surface area (Å²) >= 11 is 1.59. The molecule has 0 aliphatic heterocycles. The molecule has 0 saturated heterocycles. The number of hydrogen-bond acceptors (Lipinski definition) is 3. The van der Waals surface area contributed by atoms with Crippen molar-refractivity contribution in [1.82, 2.24) is 0 Å². The zero-order valence-electron chi connectivity index (χ0n) is 9.36. The van der Waals surface area contributed by atoms with E-state index < -0.39 is 5.97 Å². The van der Waals surface area contributed by atoms with Crippen molar-refractivity contribution in [3.8, 4) is 0 Å². The number of nitrogens with two attached hydrogens (primary N) is 1. The maximum atomic E-state index is 10.5. The molecule has 3 N–H and O–H groups in total. The zero-order valence-corrected chi connectivity index (χ0v) is 10.2. The molecule has 0 aromatic heterocycles. The Morgan fingerprint density at radius 2 is 2.25 bits per heavy atom. The number of benzene rings is 1. The molecule has 0 aliphatic carbocycles. The highest BCUT2D eigenvalue weighted by Gasteiger charge is 2.00. The van der Waals surface area contributed by atoms with Crippen LogP contribution >= 0.6 is 11.8 Å². The van der Waals surface area contributed by atoms with Crippen LogP contribution in [0.2, 0.25) is 0 Å². The molecule has 0 fully saturated rings. The van der Waals surface area contributed by atoms with E-state index in [0.717, 1.165) is 16.1 Å². The van der Waals surface area contributed by atoms with E-state index in [-0.39, 0.29) is 0 Å². The smallest absolute Gasteiger partial charge is 0.330 e. The Labute approximate surface area is 99.4 Å². The molecule has 1 aromatic carbocycles. The van der Waals surface area contributed by atoms with Crippen LogP contribution in [-0.2, 0) is 4.79 Å². The van der Waals surface area contributed by atoms with Gasteiger partial charge >= 0.3 is 5.97 Å². The van der Waals surface area contributed by atoms with Crippen LogP contribution in [0.1, 0.15) is 12.5 Å². The number of rotatable bonds is 4. The van der Waals surface area contributed by atoms with Gasteiger partial charge in [-0.1, -0.05) is 6.08 Å². The van der Waals surface area contributed by atoms with E-state index in [9.17, 15) is 4.79 Å². The predicted molar refractivity (Wildman–Crippen MR) is 67.7 cm³/mol. The number of carboxylic acid groups (broad SMARTS) is 1. The summed E-state index contributed by atoms with van der Waals surface area (Å²) in [5, 5.41) is 8.67. The molecule has 1 rings (SSSR count). The Kier molecular flexibility index (Phi) is 4.43. The minimum Gasteiger partial charge on any atom is -0.478 e. The second-order valence-electron chi connectivity index (χ2n) is 3.52. The summed E-state index contributed by atoms with van der Waals surface area (Å²) in [7, 11) is 0. The Hall–Kier alpha value is -1.42. The quantitative estimate of drug-likeness (QED) is 0.480. The monoisotopic (exact) mass is 237 g/mol. The van der Waals surface area contributed by atoms with Gasteiger partial charge in [-0.3, -0.25) is 0 Å². The first-order valence-corrected chi connectivity index (χ1v) is 5.88. The number of nitrogen functional groups attached to an aromatic ring is 1. The maximum Gasteiger partial charge on any atom is 0.330 e. The van der Waals surface area contributed by atoms with E-state index in [1.807, 2.05) is 25.1 Å². The lowest BCUT2D eigenvalue weighted by Gasteiger charge is -2.03. The molecule has 0 aliphatic rings. The first kappa shape index (κ1) is 12.6. The minimum atomic E-state index is -0.867. The average molecular weight is 237 g/mol. The lowest BCUT2D eigenvalue weighted by Crippen LogP contribution is -1.96. The van der Waals surface area contributed by atoms with Crippen molar-refractivity contribution in [2.75, 3.05) is 11.5 Å². The third kappa shape index (κ3) is 3.62.